The third-order valence-electron chi connectivity index (χ3n) is 4.47. The number of benzene rings is 2. The van der Waals surface area contributed by atoms with Gasteiger partial charge in [0.1, 0.15) is 5.82 Å². The van der Waals surface area contributed by atoms with Crippen LogP contribution in [0.25, 0.3) is 6.08 Å². The van der Waals surface area contributed by atoms with Crippen LogP contribution in [0.1, 0.15) is 29.5 Å². The SMILES string of the molecule is O=C(/C=C/c1ccc(F)c(Cl)c1)NCc1ccc(CN2CCCC2)cc1. The molecule has 1 amide bonds. The maximum absolute atomic E-state index is 13.1. The van der Waals surface area contributed by atoms with Gasteiger partial charge in [-0.25, -0.2) is 4.39 Å². The van der Waals surface area contributed by atoms with E-state index < -0.39 is 5.82 Å². The Morgan fingerprint density at radius 1 is 1.12 bits per heavy atom. The van der Waals surface area contributed by atoms with Gasteiger partial charge in [0.2, 0.25) is 5.91 Å². The molecule has 0 aromatic heterocycles. The molecule has 3 rings (SSSR count). The van der Waals surface area contributed by atoms with Crippen LogP contribution in [0.2, 0.25) is 5.02 Å². The molecule has 0 spiro atoms. The zero-order valence-electron chi connectivity index (χ0n) is 14.6. The molecule has 5 heteroatoms. The normalized spacial score (nSPS) is 14.8. The number of likely N-dealkylation sites (tertiary alicyclic amines) is 1. The molecule has 0 unspecified atom stereocenters. The number of hydrogen-bond acceptors (Lipinski definition) is 2. The first-order valence-electron chi connectivity index (χ1n) is 8.81. The quantitative estimate of drug-likeness (QED) is 0.762. The van der Waals surface area contributed by atoms with Crippen molar-refractivity contribution in [1.82, 2.24) is 10.2 Å². The van der Waals surface area contributed by atoms with Crippen LogP contribution in [0.3, 0.4) is 0 Å². The molecule has 2 aromatic rings. The van der Waals surface area contributed by atoms with E-state index in [4.69, 9.17) is 11.6 Å². The number of hydrogen-bond donors (Lipinski definition) is 1. The average Bonchev–Trinajstić information content (AvgIpc) is 3.15. The molecule has 1 fully saturated rings. The van der Waals surface area contributed by atoms with E-state index in [0.29, 0.717) is 12.1 Å². The molecule has 0 saturated carbocycles. The first-order chi connectivity index (χ1) is 12.6. The summed E-state index contributed by atoms with van der Waals surface area (Å²) in [6, 6.07) is 12.7. The highest BCUT2D eigenvalue weighted by Crippen LogP contribution is 2.17. The van der Waals surface area contributed by atoms with Crippen molar-refractivity contribution < 1.29 is 9.18 Å². The van der Waals surface area contributed by atoms with Crippen molar-refractivity contribution >= 4 is 23.6 Å². The van der Waals surface area contributed by atoms with E-state index in [1.807, 2.05) is 0 Å². The Kier molecular flexibility index (Phi) is 6.42. The van der Waals surface area contributed by atoms with Crippen LogP contribution in [0.4, 0.5) is 4.39 Å². The predicted octanol–water partition coefficient (Wildman–Crippen LogP) is 4.40. The molecule has 0 bridgehead atoms. The predicted molar refractivity (Wildman–Crippen MR) is 103 cm³/mol. The highest BCUT2D eigenvalue weighted by Gasteiger charge is 2.11. The van der Waals surface area contributed by atoms with E-state index in [-0.39, 0.29) is 10.9 Å². The second kappa shape index (κ2) is 8.97. The molecule has 1 aliphatic rings. The van der Waals surface area contributed by atoms with Gasteiger partial charge in [-0.1, -0.05) is 41.9 Å². The maximum atomic E-state index is 13.1. The summed E-state index contributed by atoms with van der Waals surface area (Å²) in [4.78, 5) is 14.4. The average molecular weight is 373 g/mol. The molecular formula is C21H22ClFN2O. The van der Waals surface area contributed by atoms with Crippen LogP contribution in [0.5, 0.6) is 0 Å². The minimum Gasteiger partial charge on any atom is -0.348 e. The summed E-state index contributed by atoms with van der Waals surface area (Å²) < 4.78 is 13.1. The lowest BCUT2D eigenvalue weighted by Crippen LogP contribution is -2.20. The number of nitrogens with one attached hydrogen (secondary N) is 1. The summed E-state index contributed by atoms with van der Waals surface area (Å²) >= 11 is 5.72. The number of nitrogens with zero attached hydrogens (tertiary/aromatic N) is 1. The lowest BCUT2D eigenvalue weighted by molar-refractivity contribution is -0.116. The summed E-state index contributed by atoms with van der Waals surface area (Å²) in [5, 5.41) is 2.89. The van der Waals surface area contributed by atoms with E-state index in [2.05, 4.69) is 34.5 Å². The molecule has 0 atom stereocenters. The van der Waals surface area contributed by atoms with Crippen molar-refractivity contribution in [3.8, 4) is 0 Å². The summed E-state index contributed by atoms with van der Waals surface area (Å²) in [5.41, 5.74) is 3.04. The van der Waals surface area contributed by atoms with E-state index in [9.17, 15) is 9.18 Å². The lowest BCUT2D eigenvalue weighted by atomic mass is 10.1. The van der Waals surface area contributed by atoms with Crippen LogP contribution in [0, 0.1) is 5.82 Å². The van der Waals surface area contributed by atoms with Gasteiger partial charge < -0.3 is 5.32 Å². The summed E-state index contributed by atoms with van der Waals surface area (Å²) in [5.74, 6) is -0.673. The van der Waals surface area contributed by atoms with E-state index in [0.717, 1.165) is 12.1 Å². The zero-order valence-corrected chi connectivity index (χ0v) is 15.3. The highest BCUT2D eigenvalue weighted by atomic mass is 35.5. The van der Waals surface area contributed by atoms with Gasteiger partial charge in [-0.15, -0.1) is 0 Å². The molecule has 3 nitrogen and oxygen atoms in total. The van der Waals surface area contributed by atoms with Crippen molar-refractivity contribution in [3.63, 3.8) is 0 Å². The number of halogens is 2. The number of carbonyl (C=O) groups is 1. The Morgan fingerprint density at radius 2 is 1.81 bits per heavy atom. The van der Waals surface area contributed by atoms with Crippen molar-refractivity contribution in [3.05, 3.63) is 76.1 Å². The highest BCUT2D eigenvalue weighted by molar-refractivity contribution is 6.30. The van der Waals surface area contributed by atoms with E-state index in [1.165, 1.54) is 49.7 Å². The number of rotatable bonds is 6. The fourth-order valence-corrected chi connectivity index (χ4v) is 3.19. The topological polar surface area (TPSA) is 32.3 Å². The minimum atomic E-state index is -0.471. The van der Waals surface area contributed by atoms with Crippen LogP contribution in [-0.4, -0.2) is 23.9 Å². The molecule has 1 heterocycles. The van der Waals surface area contributed by atoms with Crippen LogP contribution < -0.4 is 5.32 Å². The van der Waals surface area contributed by atoms with Crippen molar-refractivity contribution in [2.24, 2.45) is 0 Å². The van der Waals surface area contributed by atoms with Crippen LogP contribution in [0.15, 0.2) is 48.5 Å². The first-order valence-corrected chi connectivity index (χ1v) is 9.19. The molecule has 0 radical (unpaired) electrons. The molecule has 136 valence electrons. The molecule has 0 aliphatic carbocycles. The van der Waals surface area contributed by atoms with Crippen molar-refractivity contribution in [2.45, 2.75) is 25.9 Å². The first kappa shape index (κ1) is 18.6. The van der Waals surface area contributed by atoms with Gasteiger partial charge in [-0.2, -0.15) is 0 Å². The second-order valence-corrected chi connectivity index (χ2v) is 6.93. The Morgan fingerprint density at radius 3 is 2.50 bits per heavy atom. The van der Waals surface area contributed by atoms with Crippen molar-refractivity contribution in [2.75, 3.05) is 13.1 Å². The van der Waals surface area contributed by atoms with Crippen LogP contribution in [-0.2, 0) is 17.9 Å². The van der Waals surface area contributed by atoms with Gasteiger partial charge in [0.15, 0.2) is 0 Å². The Bertz CT molecular complexity index is 783. The second-order valence-electron chi connectivity index (χ2n) is 6.52. The Balaban J connectivity index is 1.47. The van der Waals surface area contributed by atoms with Gasteiger partial charge in [-0.05, 0) is 60.8 Å². The monoisotopic (exact) mass is 372 g/mol. The van der Waals surface area contributed by atoms with Crippen LogP contribution >= 0.6 is 11.6 Å². The Hall–Kier alpha value is -2.17. The number of amides is 1. The maximum Gasteiger partial charge on any atom is 0.244 e. The third-order valence-corrected chi connectivity index (χ3v) is 4.76. The Labute approximate surface area is 158 Å². The molecule has 26 heavy (non-hydrogen) atoms. The van der Waals surface area contributed by atoms with Gasteiger partial charge in [-0.3, -0.25) is 9.69 Å². The third kappa shape index (κ3) is 5.41. The minimum absolute atomic E-state index is 0.0431. The zero-order chi connectivity index (χ0) is 18.4. The molecular weight excluding hydrogens is 351 g/mol. The smallest absolute Gasteiger partial charge is 0.244 e. The molecule has 1 saturated heterocycles. The van der Waals surface area contributed by atoms with Gasteiger partial charge >= 0.3 is 0 Å². The summed E-state index contributed by atoms with van der Waals surface area (Å²) in [6.07, 6.45) is 5.62. The van der Waals surface area contributed by atoms with Gasteiger partial charge in [0.25, 0.3) is 0 Å². The number of carbonyl (C=O) groups excluding carboxylic acids is 1. The molecule has 1 aliphatic heterocycles. The van der Waals surface area contributed by atoms with Gasteiger partial charge in [0, 0.05) is 19.2 Å². The standard InChI is InChI=1S/C21H22ClFN2O/c22-19-13-16(7-9-20(19)23)8-10-21(26)24-14-17-3-5-18(6-4-17)15-25-11-1-2-12-25/h3-10,13H,1-2,11-12,14-15H2,(H,24,26)/b10-8+. The largest absolute Gasteiger partial charge is 0.348 e. The summed E-state index contributed by atoms with van der Waals surface area (Å²) in [6.45, 7) is 3.83. The van der Waals surface area contributed by atoms with E-state index in [1.54, 1.807) is 12.1 Å². The summed E-state index contributed by atoms with van der Waals surface area (Å²) in [7, 11) is 0. The van der Waals surface area contributed by atoms with E-state index >= 15 is 0 Å². The molecule has 1 N–H and O–H groups in total. The fraction of sp³-hybridized carbons (Fsp3) is 0.286. The fourth-order valence-electron chi connectivity index (χ4n) is 3.00. The van der Waals surface area contributed by atoms with Gasteiger partial charge in [0.05, 0.1) is 5.02 Å². The molecule has 2 aromatic carbocycles. The van der Waals surface area contributed by atoms with Crippen molar-refractivity contribution in [1.29, 1.82) is 0 Å². The lowest BCUT2D eigenvalue weighted by Gasteiger charge is -2.14.